The molecule has 0 aliphatic heterocycles. The van der Waals surface area contributed by atoms with Crippen molar-refractivity contribution in [2.24, 2.45) is 0 Å². The molecule has 0 saturated heterocycles. The summed E-state index contributed by atoms with van der Waals surface area (Å²) in [4.78, 5) is 20.5. The molecule has 0 aliphatic carbocycles. The monoisotopic (exact) mass is 299 g/mol. The van der Waals surface area contributed by atoms with Gasteiger partial charge in [0.15, 0.2) is 11.3 Å². The van der Waals surface area contributed by atoms with Crippen LogP contribution in [0, 0.1) is 12.7 Å². The number of halogens is 1. The molecule has 3 rings (SSSR count). The summed E-state index contributed by atoms with van der Waals surface area (Å²) >= 11 is 0. The summed E-state index contributed by atoms with van der Waals surface area (Å²) in [6.45, 7) is 3.89. The van der Waals surface area contributed by atoms with Gasteiger partial charge in [0.25, 0.3) is 0 Å². The number of imidazole rings is 1. The van der Waals surface area contributed by atoms with Crippen LogP contribution < -0.4 is 0 Å². The van der Waals surface area contributed by atoms with Crippen LogP contribution in [0.25, 0.3) is 16.9 Å². The van der Waals surface area contributed by atoms with E-state index in [4.69, 9.17) is 4.74 Å². The molecule has 0 radical (unpaired) electrons. The smallest absolute Gasteiger partial charge is 0.360 e. The highest BCUT2D eigenvalue weighted by Crippen LogP contribution is 2.21. The first-order valence-electron chi connectivity index (χ1n) is 6.88. The van der Waals surface area contributed by atoms with E-state index in [1.807, 2.05) is 13.0 Å². The van der Waals surface area contributed by atoms with Gasteiger partial charge in [0.1, 0.15) is 12.1 Å². The predicted octanol–water partition coefficient (Wildman–Crippen LogP) is 3.02. The van der Waals surface area contributed by atoms with Gasteiger partial charge in [0, 0.05) is 11.3 Å². The van der Waals surface area contributed by atoms with Gasteiger partial charge in [0.2, 0.25) is 0 Å². The first-order valence-corrected chi connectivity index (χ1v) is 6.88. The second kappa shape index (κ2) is 5.55. The summed E-state index contributed by atoms with van der Waals surface area (Å²) in [5.74, 6) is -0.814. The van der Waals surface area contributed by atoms with Crippen LogP contribution in [0.15, 0.2) is 36.7 Å². The molecule has 0 atom stereocenters. The van der Waals surface area contributed by atoms with Gasteiger partial charge in [-0.25, -0.2) is 19.2 Å². The van der Waals surface area contributed by atoms with Crippen molar-refractivity contribution in [1.82, 2.24) is 14.4 Å². The highest BCUT2D eigenvalue weighted by atomic mass is 19.1. The lowest BCUT2D eigenvalue weighted by Gasteiger charge is -2.06. The summed E-state index contributed by atoms with van der Waals surface area (Å²) in [5.41, 5.74) is 2.89. The lowest BCUT2D eigenvalue weighted by Crippen LogP contribution is -2.07. The van der Waals surface area contributed by atoms with E-state index in [1.54, 1.807) is 29.8 Å². The lowest BCUT2D eigenvalue weighted by molar-refractivity contribution is 0.0522. The number of carbonyl (C=O) groups excluding carboxylic acids is 1. The molecule has 3 aromatic rings. The Kier molecular flexibility index (Phi) is 3.58. The number of rotatable bonds is 3. The molecule has 0 spiro atoms. The number of hydrogen-bond donors (Lipinski definition) is 0. The summed E-state index contributed by atoms with van der Waals surface area (Å²) in [6.07, 6.45) is 1.54. The van der Waals surface area contributed by atoms with Crippen LogP contribution in [0.2, 0.25) is 0 Å². The van der Waals surface area contributed by atoms with Crippen LogP contribution in [-0.2, 0) is 4.74 Å². The van der Waals surface area contributed by atoms with Gasteiger partial charge in [0.05, 0.1) is 12.3 Å². The Morgan fingerprint density at radius 2 is 2.05 bits per heavy atom. The van der Waals surface area contributed by atoms with Crippen molar-refractivity contribution in [1.29, 1.82) is 0 Å². The molecule has 0 aliphatic rings. The first kappa shape index (κ1) is 14.2. The molecule has 6 heteroatoms. The largest absolute Gasteiger partial charge is 0.461 e. The quantitative estimate of drug-likeness (QED) is 0.698. The summed E-state index contributed by atoms with van der Waals surface area (Å²) in [6, 6.07) is 7.90. The van der Waals surface area contributed by atoms with Gasteiger partial charge in [-0.2, -0.15) is 0 Å². The number of fused-ring (bicyclic) bond motifs is 1. The van der Waals surface area contributed by atoms with Crippen molar-refractivity contribution in [3.8, 4) is 11.3 Å². The van der Waals surface area contributed by atoms with Crippen LogP contribution in [0.1, 0.15) is 23.1 Å². The molecule has 0 bridgehead atoms. The fourth-order valence-electron chi connectivity index (χ4n) is 2.23. The van der Waals surface area contributed by atoms with E-state index >= 15 is 0 Å². The number of benzene rings is 1. The van der Waals surface area contributed by atoms with Gasteiger partial charge in [-0.1, -0.05) is 0 Å². The van der Waals surface area contributed by atoms with Crippen molar-refractivity contribution in [2.75, 3.05) is 6.61 Å². The fraction of sp³-hybridized carbons (Fsp3) is 0.188. The van der Waals surface area contributed by atoms with E-state index in [0.29, 0.717) is 11.3 Å². The Balaban J connectivity index is 2.15. The van der Waals surface area contributed by atoms with Crippen LogP contribution in [-0.4, -0.2) is 26.9 Å². The minimum atomic E-state index is -0.506. The molecular formula is C16H14FN3O2. The first-order chi connectivity index (χ1) is 10.6. The highest BCUT2D eigenvalue weighted by molar-refractivity contribution is 5.94. The summed E-state index contributed by atoms with van der Waals surface area (Å²) < 4.78 is 19.8. The Morgan fingerprint density at radius 1 is 1.32 bits per heavy atom. The van der Waals surface area contributed by atoms with Crippen LogP contribution >= 0.6 is 0 Å². The number of hydrogen-bond acceptors (Lipinski definition) is 4. The second-order valence-corrected chi connectivity index (χ2v) is 4.80. The summed E-state index contributed by atoms with van der Waals surface area (Å²) in [5, 5.41) is 0. The van der Waals surface area contributed by atoms with Crippen molar-refractivity contribution >= 4 is 11.6 Å². The van der Waals surface area contributed by atoms with Gasteiger partial charge < -0.3 is 4.74 Å². The number of carbonyl (C=O) groups is 1. The van der Waals surface area contributed by atoms with Crippen LogP contribution in [0.4, 0.5) is 4.39 Å². The van der Waals surface area contributed by atoms with E-state index in [1.165, 1.54) is 12.1 Å². The molecule has 0 N–H and O–H groups in total. The zero-order chi connectivity index (χ0) is 15.7. The zero-order valence-electron chi connectivity index (χ0n) is 12.2. The zero-order valence-corrected chi connectivity index (χ0v) is 12.2. The molecule has 1 aromatic carbocycles. The SMILES string of the molecule is CCOC(=O)c1ncn2c(C)cc(-c3ccc(F)cc3)nc12. The molecule has 112 valence electrons. The molecule has 0 amide bonds. The minimum absolute atomic E-state index is 0.175. The second-order valence-electron chi connectivity index (χ2n) is 4.80. The normalized spacial score (nSPS) is 10.9. The maximum Gasteiger partial charge on any atom is 0.360 e. The van der Waals surface area contributed by atoms with Crippen molar-refractivity contribution in [3.05, 3.63) is 53.9 Å². The topological polar surface area (TPSA) is 56.5 Å². The van der Waals surface area contributed by atoms with Crippen LogP contribution in [0.5, 0.6) is 0 Å². The van der Waals surface area contributed by atoms with E-state index in [9.17, 15) is 9.18 Å². The Bertz CT molecular complexity index is 840. The number of esters is 1. The lowest BCUT2D eigenvalue weighted by atomic mass is 10.1. The summed E-state index contributed by atoms with van der Waals surface area (Å²) in [7, 11) is 0. The number of ether oxygens (including phenoxy) is 1. The van der Waals surface area contributed by atoms with Gasteiger partial charge >= 0.3 is 5.97 Å². The maximum atomic E-state index is 13.0. The Morgan fingerprint density at radius 3 is 2.73 bits per heavy atom. The third-order valence-corrected chi connectivity index (χ3v) is 3.30. The average molecular weight is 299 g/mol. The van der Waals surface area contributed by atoms with Crippen molar-refractivity contribution < 1.29 is 13.9 Å². The standard InChI is InChI=1S/C16H14FN3O2/c1-3-22-16(21)14-15-19-13(8-10(2)20(15)9-18-14)11-4-6-12(17)7-5-11/h4-9H,3H2,1-2H3. The van der Waals surface area contributed by atoms with Crippen molar-refractivity contribution in [3.63, 3.8) is 0 Å². The molecule has 2 aromatic heterocycles. The van der Waals surface area contributed by atoms with E-state index in [2.05, 4.69) is 9.97 Å². The number of aryl methyl sites for hydroxylation is 1. The predicted molar refractivity (Wildman–Crippen MR) is 79.1 cm³/mol. The number of aromatic nitrogens is 3. The highest BCUT2D eigenvalue weighted by Gasteiger charge is 2.17. The van der Waals surface area contributed by atoms with Gasteiger partial charge in [-0.05, 0) is 44.2 Å². The Labute approximate surface area is 126 Å². The van der Waals surface area contributed by atoms with Gasteiger partial charge in [-0.3, -0.25) is 4.40 Å². The van der Waals surface area contributed by atoms with Gasteiger partial charge in [-0.15, -0.1) is 0 Å². The molecule has 0 saturated carbocycles. The molecule has 0 fully saturated rings. The average Bonchev–Trinajstić information content (AvgIpc) is 2.92. The molecular weight excluding hydrogens is 285 g/mol. The third-order valence-electron chi connectivity index (χ3n) is 3.30. The molecule has 2 heterocycles. The number of nitrogens with zero attached hydrogens (tertiary/aromatic N) is 3. The molecule has 0 unspecified atom stereocenters. The van der Waals surface area contributed by atoms with E-state index < -0.39 is 5.97 Å². The third kappa shape index (κ3) is 2.43. The maximum absolute atomic E-state index is 13.0. The minimum Gasteiger partial charge on any atom is -0.461 e. The fourth-order valence-corrected chi connectivity index (χ4v) is 2.23. The van der Waals surface area contributed by atoms with Crippen molar-refractivity contribution in [2.45, 2.75) is 13.8 Å². The molecule has 22 heavy (non-hydrogen) atoms. The Hall–Kier alpha value is -2.76. The van der Waals surface area contributed by atoms with E-state index in [0.717, 1.165) is 11.3 Å². The van der Waals surface area contributed by atoms with Crippen LogP contribution in [0.3, 0.4) is 0 Å². The molecule has 5 nitrogen and oxygen atoms in total. The van der Waals surface area contributed by atoms with E-state index in [-0.39, 0.29) is 18.1 Å².